The molecule has 0 heterocycles. The van der Waals surface area contributed by atoms with Crippen LogP contribution in [-0.4, -0.2) is 23.9 Å². The number of benzene rings is 1. The molecule has 2 nitrogen and oxygen atoms in total. The first kappa shape index (κ1) is 13.1. The van der Waals surface area contributed by atoms with Gasteiger partial charge in [0, 0.05) is 13.5 Å². The first-order valence-electron chi connectivity index (χ1n) is 5.40. The summed E-state index contributed by atoms with van der Waals surface area (Å²) in [5.74, 6) is -0.254. The molecule has 0 radical (unpaired) electrons. The van der Waals surface area contributed by atoms with Gasteiger partial charge in [-0.15, -0.1) is 0 Å². The molecule has 1 atom stereocenters. The molecule has 16 heavy (non-hydrogen) atoms. The summed E-state index contributed by atoms with van der Waals surface area (Å²) < 4.78 is 17.9. The quantitative estimate of drug-likeness (QED) is 0.836. The van der Waals surface area contributed by atoms with Crippen molar-refractivity contribution >= 4 is 0 Å². The van der Waals surface area contributed by atoms with Crippen LogP contribution in [0.1, 0.15) is 25.8 Å². The third kappa shape index (κ3) is 4.29. The van der Waals surface area contributed by atoms with Gasteiger partial charge in [0.1, 0.15) is 5.82 Å². The fourth-order valence-corrected chi connectivity index (χ4v) is 1.62. The van der Waals surface area contributed by atoms with Gasteiger partial charge in [0.25, 0.3) is 0 Å². The summed E-state index contributed by atoms with van der Waals surface area (Å²) in [4.78, 5) is 0. The molecular weight excluding hydrogens is 207 g/mol. The molecule has 1 N–H and O–H groups in total. The number of rotatable bonds is 5. The Morgan fingerprint density at radius 1 is 1.31 bits per heavy atom. The van der Waals surface area contributed by atoms with Gasteiger partial charge in [-0.05, 0) is 38.0 Å². The topological polar surface area (TPSA) is 29.5 Å². The van der Waals surface area contributed by atoms with E-state index >= 15 is 0 Å². The molecule has 0 saturated heterocycles. The molecule has 0 saturated carbocycles. The van der Waals surface area contributed by atoms with Crippen LogP contribution >= 0.6 is 0 Å². The molecule has 0 bridgehead atoms. The Balaban J connectivity index is 2.51. The maximum Gasteiger partial charge on any atom is 0.123 e. The zero-order valence-electron chi connectivity index (χ0n) is 10.0. The lowest BCUT2D eigenvalue weighted by Gasteiger charge is -2.25. The summed E-state index contributed by atoms with van der Waals surface area (Å²) >= 11 is 0. The van der Waals surface area contributed by atoms with Crippen LogP contribution in [0.5, 0.6) is 0 Å². The van der Waals surface area contributed by atoms with Crippen LogP contribution in [0.25, 0.3) is 0 Å². The third-order valence-corrected chi connectivity index (χ3v) is 2.66. The zero-order chi connectivity index (χ0) is 12.2. The van der Waals surface area contributed by atoms with Gasteiger partial charge in [-0.3, -0.25) is 0 Å². The largest absolute Gasteiger partial charge is 0.393 e. The minimum atomic E-state index is -0.472. The van der Waals surface area contributed by atoms with Crippen LogP contribution in [-0.2, 0) is 11.2 Å². The van der Waals surface area contributed by atoms with Crippen LogP contribution in [0, 0.1) is 5.82 Å². The lowest BCUT2D eigenvalue weighted by atomic mass is 9.96. The molecule has 0 aliphatic carbocycles. The molecule has 1 aromatic carbocycles. The highest BCUT2D eigenvalue weighted by molar-refractivity contribution is 5.16. The number of aliphatic hydroxyl groups is 1. The number of aliphatic hydroxyl groups excluding tert-OH is 1. The van der Waals surface area contributed by atoms with Gasteiger partial charge in [0.05, 0.1) is 11.7 Å². The summed E-state index contributed by atoms with van der Waals surface area (Å²) in [7, 11) is 1.63. The van der Waals surface area contributed by atoms with Crippen molar-refractivity contribution in [2.75, 3.05) is 7.11 Å². The van der Waals surface area contributed by atoms with Gasteiger partial charge in [0.2, 0.25) is 0 Å². The van der Waals surface area contributed by atoms with Crippen molar-refractivity contribution in [2.45, 2.75) is 38.4 Å². The Bertz CT molecular complexity index is 319. The standard InChI is InChI=1S/C13H19FO2/c1-13(2,16-3)9-12(15)8-10-4-6-11(14)7-5-10/h4-7,12,15H,8-9H2,1-3H3. The molecule has 1 aromatic rings. The van der Waals surface area contributed by atoms with Crippen molar-refractivity contribution in [3.63, 3.8) is 0 Å². The van der Waals surface area contributed by atoms with E-state index in [2.05, 4.69) is 0 Å². The number of methoxy groups -OCH3 is 1. The molecule has 1 unspecified atom stereocenters. The molecule has 0 aliphatic rings. The highest BCUT2D eigenvalue weighted by Crippen LogP contribution is 2.18. The molecule has 0 amide bonds. The van der Waals surface area contributed by atoms with Gasteiger partial charge >= 0.3 is 0 Å². The normalized spacial score (nSPS) is 13.8. The van der Waals surface area contributed by atoms with Crippen molar-refractivity contribution in [2.24, 2.45) is 0 Å². The number of halogens is 1. The molecule has 0 fully saturated rings. The van der Waals surface area contributed by atoms with E-state index in [9.17, 15) is 9.50 Å². The predicted octanol–water partition coefficient (Wildman–Crippen LogP) is 2.54. The average Bonchev–Trinajstić information content (AvgIpc) is 2.21. The second-order valence-electron chi connectivity index (χ2n) is 4.65. The summed E-state index contributed by atoms with van der Waals surface area (Å²) in [5, 5.41) is 9.86. The van der Waals surface area contributed by atoms with Gasteiger partial charge in [-0.2, -0.15) is 0 Å². The summed E-state index contributed by atoms with van der Waals surface area (Å²) in [6, 6.07) is 6.20. The minimum Gasteiger partial charge on any atom is -0.393 e. The van der Waals surface area contributed by atoms with Gasteiger partial charge < -0.3 is 9.84 Å². The Labute approximate surface area is 96.1 Å². The van der Waals surface area contributed by atoms with Crippen LogP contribution in [0.2, 0.25) is 0 Å². The van der Waals surface area contributed by atoms with Crippen LogP contribution < -0.4 is 0 Å². The lowest BCUT2D eigenvalue weighted by molar-refractivity contribution is -0.0190. The Morgan fingerprint density at radius 3 is 2.38 bits per heavy atom. The molecule has 0 aromatic heterocycles. The Morgan fingerprint density at radius 2 is 1.88 bits per heavy atom. The van der Waals surface area contributed by atoms with Crippen molar-refractivity contribution in [1.82, 2.24) is 0 Å². The molecule has 3 heteroatoms. The van der Waals surface area contributed by atoms with Crippen LogP contribution in [0.4, 0.5) is 4.39 Å². The predicted molar refractivity (Wildman–Crippen MR) is 61.8 cm³/mol. The zero-order valence-corrected chi connectivity index (χ0v) is 10.0. The van der Waals surface area contributed by atoms with E-state index in [0.717, 1.165) is 5.56 Å². The van der Waals surface area contributed by atoms with Gasteiger partial charge in [-0.25, -0.2) is 4.39 Å². The maximum atomic E-state index is 12.7. The molecule has 1 rings (SSSR count). The molecule has 0 aliphatic heterocycles. The molecule has 0 spiro atoms. The van der Waals surface area contributed by atoms with E-state index in [1.807, 2.05) is 13.8 Å². The first-order valence-corrected chi connectivity index (χ1v) is 5.40. The summed E-state index contributed by atoms with van der Waals surface area (Å²) in [5.41, 5.74) is 0.597. The highest BCUT2D eigenvalue weighted by Gasteiger charge is 2.21. The number of hydrogen-bond acceptors (Lipinski definition) is 2. The van der Waals surface area contributed by atoms with Crippen LogP contribution in [0.3, 0.4) is 0 Å². The van der Waals surface area contributed by atoms with Crippen molar-refractivity contribution in [3.8, 4) is 0 Å². The monoisotopic (exact) mass is 226 g/mol. The summed E-state index contributed by atoms with van der Waals surface area (Å²) in [6.45, 7) is 3.86. The van der Waals surface area contributed by atoms with E-state index in [1.54, 1.807) is 19.2 Å². The fourth-order valence-electron chi connectivity index (χ4n) is 1.62. The first-order chi connectivity index (χ1) is 7.43. The van der Waals surface area contributed by atoms with E-state index in [0.29, 0.717) is 12.8 Å². The van der Waals surface area contributed by atoms with E-state index < -0.39 is 6.10 Å². The van der Waals surface area contributed by atoms with Crippen molar-refractivity contribution in [1.29, 1.82) is 0 Å². The van der Waals surface area contributed by atoms with E-state index in [4.69, 9.17) is 4.74 Å². The Kier molecular flexibility index (Phi) is 4.44. The van der Waals surface area contributed by atoms with E-state index in [-0.39, 0.29) is 11.4 Å². The number of ether oxygens (including phenoxy) is 1. The third-order valence-electron chi connectivity index (χ3n) is 2.66. The smallest absolute Gasteiger partial charge is 0.123 e. The fraction of sp³-hybridized carbons (Fsp3) is 0.538. The minimum absolute atomic E-state index is 0.254. The van der Waals surface area contributed by atoms with Crippen LogP contribution in [0.15, 0.2) is 24.3 Å². The number of hydrogen-bond donors (Lipinski definition) is 1. The molecule has 90 valence electrons. The SMILES string of the molecule is COC(C)(C)CC(O)Cc1ccc(F)cc1. The van der Waals surface area contributed by atoms with Crippen molar-refractivity contribution < 1.29 is 14.2 Å². The highest BCUT2D eigenvalue weighted by atomic mass is 19.1. The Hall–Kier alpha value is -0.930. The lowest BCUT2D eigenvalue weighted by Crippen LogP contribution is -2.29. The maximum absolute atomic E-state index is 12.7. The summed E-state index contributed by atoms with van der Waals surface area (Å²) in [6.07, 6.45) is 0.605. The average molecular weight is 226 g/mol. The second-order valence-corrected chi connectivity index (χ2v) is 4.65. The second kappa shape index (κ2) is 5.41. The van der Waals surface area contributed by atoms with Crippen molar-refractivity contribution in [3.05, 3.63) is 35.6 Å². The molecular formula is C13H19FO2. The van der Waals surface area contributed by atoms with Gasteiger partial charge in [0.15, 0.2) is 0 Å². The van der Waals surface area contributed by atoms with Gasteiger partial charge in [-0.1, -0.05) is 12.1 Å². The van der Waals surface area contributed by atoms with E-state index in [1.165, 1.54) is 12.1 Å².